The monoisotopic (exact) mass is 401 g/mol. The molecule has 7 heteroatoms. The van der Waals surface area contributed by atoms with Gasteiger partial charge >= 0.3 is 5.97 Å². The van der Waals surface area contributed by atoms with E-state index in [2.05, 4.69) is 5.32 Å². The second-order valence-electron chi connectivity index (χ2n) is 7.08. The largest absolute Gasteiger partial charge is 0.493 e. The van der Waals surface area contributed by atoms with E-state index in [1.165, 1.54) is 0 Å². The van der Waals surface area contributed by atoms with Gasteiger partial charge in [-0.25, -0.2) is 4.79 Å². The van der Waals surface area contributed by atoms with Gasteiger partial charge in [0.05, 0.1) is 32.9 Å². The maximum Gasteiger partial charge on any atom is 0.338 e. The van der Waals surface area contributed by atoms with Crippen molar-refractivity contribution in [1.29, 1.82) is 0 Å². The van der Waals surface area contributed by atoms with Crippen molar-refractivity contribution in [3.63, 3.8) is 0 Å². The fraction of sp³-hybridized carbons (Fsp3) is 0.364. The Kier molecular flexibility index (Phi) is 8.03. The summed E-state index contributed by atoms with van der Waals surface area (Å²) in [6.07, 6.45) is -0.175. The molecule has 29 heavy (non-hydrogen) atoms. The molecule has 2 aromatic rings. The minimum atomic E-state index is -0.378. The minimum absolute atomic E-state index is 0.111. The van der Waals surface area contributed by atoms with Crippen molar-refractivity contribution in [1.82, 2.24) is 0 Å². The van der Waals surface area contributed by atoms with Gasteiger partial charge < -0.3 is 24.4 Å². The number of nitrogens with one attached hydrogen (secondary N) is 2. The zero-order chi connectivity index (χ0) is 21.4. The summed E-state index contributed by atoms with van der Waals surface area (Å²) in [5.74, 6) is 0.850. The average Bonchev–Trinajstić information content (AvgIpc) is 2.67. The smallest absolute Gasteiger partial charge is 0.338 e. The van der Waals surface area contributed by atoms with Gasteiger partial charge in [0.25, 0.3) is 5.91 Å². The molecular weight excluding hydrogens is 372 g/mol. The Morgan fingerprint density at radius 2 is 1.66 bits per heavy atom. The number of carbonyl (C=O) groups excluding carboxylic acids is 2. The van der Waals surface area contributed by atoms with Crippen molar-refractivity contribution in [2.45, 2.75) is 26.5 Å². The van der Waals surface area contributed by atoms with Crippen molar-refractivity contribution in [2.24, 2.45) is 0 Å². The van der Waals surface area contributed by atoms with Crippen molar-refractivity contribution in [3.05, 3.63) is 53.6 Å². The van der Waals surface area contributed by atoms with E-state index in [-0.39, 0.29) is 18.0 Å². The number of anilines is 1. The molecule has 0 saturated carbocycles. The van der Waals surface area contributed by atoms with E-state index in [0.29, 0.717) is 35.8 Å². The van der Waals surface area contributed by atoms with Crippen molar-refractivity contribution >= 4 is 17.6 Å². The topological polar surface area (TPSA) is 78.3 Å². The van der Waals surface area contributed by atoms with Gasteiger partial charge in [0.2, 0.25) is 0 Å². The fourth-order valence-corrected chi connectivity index (χ4v) is 2.85. The normalized spacial score (nSPS) is 11.7. The lowest BCUT2D eigenvalue weighted by Gasteiger charge is -2.15. The summed E-state index contributed by atoms with van der Waals surface area (Å²) < 4.78 is 15.7. The highest BCUT2D eigenvalue weighted by Crippen LogP contribution is 2.27. The van der Waals surface area contributed by atoms with Gasteiger partial charge in [-0.3, -0.25) is 4.79 Å². The zero-order valence-corrected chi connectivity index (χ0v) is 17.6. The number of methoxy groups -OCH3 is 2. The third-order valence-corrected chi connectivity index (χ3v) is 4.16. The Labute approximate surface area is 171 Å². The van der Waals surface area contributed by atoms with Crippen LogP contribution in [0.15, 0.2) is 42.5 Å². The van der Waals surface area contributed by atoms with Crippen LogP contribution in [0.5, 0.6) is 11.5 Å². The van der Waals surface area contributed by atoms with Crippen LogP contribution in [0.1, 0.15) is 29.8 Å². The van der Waals surface area contributed by atoms with Crippen molar-refractivity contribution < 1.29 is 28.7 Å². The van der Waals surface area contributed by atoms with Crippen LogP contribution in [0.25, 0.3) is 0 Å². The molecule has 0 aliphatic heterocycles. The molecule has 0 bridgehead atoms. The first-order chi connectivity index (χ1) is 13.8. The molecule has 0 saturated heterocycles. The number of ether oxygens (including phenoxy) is 3. The summed E-state index contributed by atoms with van der Waals surface area (Å²) in [5, 5.41) is 2.85. The number of amides is 1. The molecule has 2 rings (SSSR count). The van der Waals surface area contributed by atoms with Crippen LogP contribution in [0.4, 0.5) is 5.69 Å². The van der Waals surface area contributed by atoms with Crippen LogP contribution < -0.4 is 19.7 Å². The lowest BCUT2D eigenvalue weighted by atomic mass is 10.2. The highest BCUT2D eigenvalue weighted by Gasteiger charge is 2.14. The molecule has 7 nitrogen and oxygen atoms in total. The molecule has 156 valence electrons. The molecule has 2 N–H and O–H groups in total. The second kappa shape index (κ2) is 10.5. The van der Waals surface area contributed by atoms with Crippen LogP contribution in [0.3, 0.4) is 0 Å². The highest BCUT2D eigenvalue weighted by atomic mass is 16.5. The number of rotatable bonds is 9. The third kappa shape index (κ3) is 6.80. The maximum atomic E-state index is 12.3. The molecule has 0 radical (unpaired) electrons. The van der Waals surface area contributed by atoms with Gasteiger partial charge in [0, 0.05) is 11.3 Å². The molecule has 0 heterocycles. The number of hydrogen-bond donors (Lipinski definition) is 2. The first-order valence-corrected chi connectivity index (χ1v) is 9.45. The Morgan fingerprint density at radius 3 is 2.24 bits per heavy atom. The lowest BCUT2D eigenvalue weighted by Crippen LogP contribution is -3.08. The van der Waals surface area contributed by atoms with Crippen LogP contribution in [0.2, 0.25) is 0 Å². The number of carbonyl (C=O) groups is 2. The van der Waals surface area contributed by atoms with Gasteiger partial charge in [0.1, 0.15) is 6.54 Å². The Balaban J connectivity index is 1.89. The van der Waals surface area contributed by atoms with Gasteiger partial charge in [-0.05, 0) is 56.3 Å². The molecule has 1 atom stereocenters. The number of hydrogen-bond acceptors (Lipinski definition) is 5. The van der Waals surface area contributed by atoms with E-state index in [0.717, 1.165) is 10.5 Å². The fourth-order valence-electron chi connectivity index (χ4n) is 2.85. The molecular formula is C22H29N2O5+. The highest BCUT2D eigenvalue weighted by molar-refractivity contribution is 5.93. The van der Waals surface area contributed by atoms with Gasteiger partial charge in [-0.2, -0.15) is 0 Å². The molecule has 0 spiro atoms. The van der Waals surface area contributed by atoms with E-state index in [1.54, 1.807) is 52.3 Å². The van der Waals surface area contributed by atoms with Crippen LogP contribution >= 0.6 is 0 Å². The van der Waals surface area contributed by atoms with Crippen molar-refractivity contribution in [2.75, 3.05) is 33.1 Å². The Morgan fingerprint density at radius 1 is 1.00 bits per heavy atom. The molecule has 0 aliphatic carbocycles. The molecule has 2 aromatic carbocycles. The maximum absolute atomic E-state index is 12.3. The summed E-state index contributed by atoms with van der Waals surface area (Å²) in [6, 6.07) is 12.4. The van der Waals surface area contributed by atoms with Gasteiger partial charge in [0.15, 0.2) is 18.0 Å². The van der Waals surface area contributed by atoms with E-state index in [1.807, 2.05) is 25.2 Å². The summed E-state index contributed by atoms with van der Waals surface area (Å²) >= 11 is 0. The SMILES string of the molecule is COc1ccc(C[NH+](C)CC(=O)Nc2ccc(C(=O)OC(C)C)cc2)cc1OC. The van der Waals surface area contributed by atoms with Crippen LogP contribution in [-0.2, 0) is 16.1 Å². The molecule has 0 fully saturated rings. The number of quaternary nitrogens is 1. The summed E-state index contributed by atoms with van der Waals surface area (Å²) in [5.41, 5.74) is 2.13. The van der Waals surface area contributed by atoms with Crippen molar-refractivity contribution in [3.8, 4) is 11.5 Å². The van der Waals surface area contributed by atoms with E-state index in [9.17, 15) is 9.59 Å². The zero-order valence-electron chi connectivity index (χ0n) is 17.6. The van der Waals surface area contributed by atoms with Gasteiger partial charge in [-0.15, -0.1) is 0 Å². The first-order valence-electron chi connectivity index (χ1n) is 9.45. The quantitative estimate of drug-likeness (QED) is 0.628. The molecule has 0 aliphatic rings. The Hall–Kier alpha value is -3.06. The summed E-state index contributed by atoms with van der Waals surface area (Å²) in [6.45, 7) is 4.56. The summed E-state index contributed by atoms with van der Waals surface area (Å²) in [7, 11) is 5.14. The number of esters is 1. The average molecular weight is 401 g/mol. The van der Waals surface area contributed by atoms with Crippen LogP contribution in [-0.4, -0.2) is 45.8 Å². The number of benzene rings is 2. The Bertz CT molecular complexity index is 834. The number of likely N-dealkylation sites (N-methyl/N-ethyl adjacent to an activating group) is 1. The third-order valence-electron chi connectivity index (χ3n) is 4.16. The lowest BCUT2D eigenvalue weighted by molar-refractivity contribution is -0.885. The van der Waals surface area contributed by atoms with E-state index >= 15 is 0 Å². The molecule has 1 amide bonds. The van der Waals surface area contributed by atoms with E-state index in [4.69, 9.17) is 14.2 Å². The molecule has 0 aromatic heterocycles. The predicted octanol–water partition coefficient (Wildman–Crippen LogP) is 1.92. The second-order valence-corrected chi connectivity index (χ2v) is 7.08. The first kappa shape index (κ1) is 22.2. The van der Waals surface area contributed by atoms with E-state index < -0.39 is 0 Å². The predicted molar refractivity (Wildman–Crippen MR) is 111 cm³/mol. The summed E-state index contributed by atoms with van der Waals surface area (Å²) in [4.78, 5) is 25.2. The minimum Gasteiger partial charge on any atom is -0.493 e. The molecule has 1 unspecified atom stereocenters. The van der Waals surface area contributed by atoms with Crippen LogP contribution in [0, 0.1) is 0 Å². The van der Waals surface area contributed by atoms with Gasteiger partial charge in [-0.1, -0.05) is 0 Å². The standard InChI is InChI=1S/C22H28N2O5/c1-15(2)29-22(26)17-7-9-18(10-8-17)23-21(25)14-24(3)13-16-6-11-19(27-4)20(12-16)28-5/h6-12,15H,13-14H2,1-5H3,(H,23,25)/p+1.